The number of hydrogen-bond donors (Lipinski definition) is 2. The van der Waals surface area contributed by atoms with Gasteiger partial charge in [0, 0.05) is 33.2 Å². The number of hydrogen-bond acceptors (Lipinski definition) is 0. The molecule has 2 heterocycles. The van der Waals surface area contributed by atoms with Gasteiger partial charge in [-0.05, 0) is 38.1 Å². The number of nitrogens with one attached hydrogen (secondary N) is 2. The molecular formula is C12H12N2. The molecule has 0 aliphatic rings. The fraction of sp³-hybridized carbons (Fsp3) is 0.167. The highest BCUT2D eigenvalue weighted by molar-refractivity contribution is 5.96. The Bertz CT molecular complexity index is 511. The van der Waals surface area contributed by atoms with Gasteiger partial charge in [0.05, 0.1) is 0 Å². The summed E-state index contributed by atoms with van der Waals surface area (Å²) >= 11 is 0. The summed E-state index contributed by atoms with van der Waals surface area (Å²) in [5.41, 5.74) is 4.84. The Hall–Kier alpha value is -1.70. The van der Waals surface area contributed by atoms with E-state index >= 15 is 0 Å². The normalized spacial score (nSPS) is 11.6. The summed E-state index contributed by atoms with van der Waals surface area (Å²) in [5.74, 6) is 0. The Kier molecular flexibility index (Phi) is 1.32. The molecule has 14 heavy (non-hydrogen) atoms. The molecule has 0 atom stereocenters. The van der Waals surface area contributed by atoms with Gasteiger partial charge in [-0.1, -0.05) is 0 Å². The van der Waals surface area contributed by atoms with Crippen LogP contribution in [0.25, 0.3) is 21.8 Å². The SMILES string of the molecule is Cc1cc2cc3cc(C)[nH]c3cc2[nH]1. The number of aromatic nitrogens is 2. The second-order valence-corrected chi connectivity index (χ2v) is 3.93. The molecule has 0 radical (unpaired) electrons. The molecule has 0 saturated heterocycles. The third-order valence-electron chi connectivity index (χ3n) is 2.63. The van der Waals surface area contributed by atoms with Crippen LogP contribution in [-0.2, 0) is 0 Å². The predicted octanol–water partition coefficient (Wildman–Crippen LogP) is 3.27. The lowest BCUT2D eigenvalue weighted by molar-refractivity contribution is 1.29. The quantitative estimate of drug-likeness (QED) is 0.537. The lowest BCUT2D eigenvalue weighted by atomic mass is 10.2. The maximum absolute atomic E-state index is 3.34. The van der Waals surface area contributed by atoms with Gasteiger partial charge in [-0.2, -0.15) is 0 Å². The number of H-pyrrole nitrogens is 2. The summed E-state index contributed by atoms with van der Waals surface area (Å²) in [6.07, 6.45) is 0. The van der Waals surface area contributed by atoms with Crippen molar-refractivity contribution in [3.8, 4) is 0 Å². The van der Waals surface area contributed by atoms with Gasteiger partial charge in [0.1, 0.15) is 0 Å². The van der Waals surface area contributed by atoms with Crippen molar-refractivity contribution in [2.24, 2.45) is 0 Å². The van der Waals surface area contributed by atoms with Crippen molar-refractivity contribution in [1.82, 2.24) is 9.97 Å². The zero-order valence-corrected chi connectivity index (χ0v) is 8.31. The third-order valence-corrected chi connectivity index (χ3v) is 2.63. The summed E-state index contributed by atoms with van der Waals surface area (Å²) in [4.78, 5) is 6.68. The van der Waals surface area contributed by atoms with E-state index in [0.717, 1.165) is 0 Å². The third kappa shape index (κ3) is 0.970. The number of rotatable bonds is 0. The van der Waals surface area contributed by atoms with Crippen LogP contribution in [0.15, 0.2) is 24.3 Å². The molecule has 0 unspecified atom stereocenters. The monoisotopic (exact) mass is 184 g/mol. The zero-order valence-electron chi connectivity index (χ0n) is 8.31. The van der Waals surface area contributed by atoms with E-state index in [9.17, 15) is 0 Å². The Morgan fingerprint density at radius 3 is 1.71 bits per heavy atom. The summed E-state index contributed by atoms with van der Waals surface area (Å²) in [6, 6.07) is 8.75. The Labute approximate surface area is 81.9 Å². The van der Waals surface area contributed by atoms with Crippen molar-refractivity contribution in [3.63, 3.8) is 0 Å². The molecule has 3 rings (SSSR count). The van der Waals surface area contributed by atoms with Crippen LogP contribution in [0.1, 0.15) is 11.4 Å². The van der Waals surface area contributed by atoms with Crippen molar-refractivity contribution < 1.29 is 0 Å². The van der Waals surface area contributed by atoms with Crippen molar-refractivity contribution in [3.05, 3.63) is 35.7 Å². The lowest BCUT2D eigenvalue weighted by Gasteiger charge is -1.90. The van der Waals surface area contributed by atoms with E-state index in [4.69, 9.17) is 0 Å². The molecule has 1 aromatic carbocycles. The van der Waals surface area contributed by atoms with E-state index in [2.05, 4.69) is 48.1 Å². The summed E-state index contributed by atoms with van der Waals surface area (Å²) in [5, 5.41) is 2.57. The molecule has 0 aliphatic carbocycles. The summed E-state index contributed by atoms with van der Waals surface area (Å²) in [6.45, 7) is 4.17. The lowest BCUT2D eigenvalue weighted by Crippen LogP contribution is -1.71. The summed E-state index contributed by atoms with van der Waals surface area (Å²) < 4.78 is 0. The van der Waals surface area contributed by atoms with Gasteiger partial charge in [-0.15, -0.1) is 0 Å². The van der Waals surface area contributed by atoms with Gasteiger partial charge >= 0.3 is 0 Å². The molecule has 3 aromatic rings. The van der Waals surface area contributed by atoms with Gasteiger partial charge in [-0.3, -0.25) is 0 Å². The standard InChI is InChI=1S/C12H12N2/c1-7-3-9-5-10-4-8(2)14-12(10)6-11(9)13-7/h3-6,13-14H,1-2H3. The van der Waals surface area contributed by atoms with Crippen molar-refractivity contribution in [2.45, 2.75) is 13.8 Å². The Balaban J connectivity index is 2.49. The number of aryl methyl sites for hydroxylation is 2. The van der Waals surface area contributed by atoms with Crippen molar-refractivity contribution >= 4 is 21.8 Å². The van der Waals surface area contributed by atoms with Gasteiger partial charge in [0.25, 0.3) is 0 Å². The van der Waals surface area contributed by atoms with Gasteiger partial charge in [-0.25, -0.2) is 0 Å². The van der Waals surface area contributed by atoms with E-state index < -0.39 is 0 Å². The number of benzene rings is 1. The fourth-order valence-electron chi connectivity index (χ4n) is 2.05. The van der Waals surface area contributed by atoms with E-state index in [1.54, 1.807) is 0 Å². The molecule has 0 amide bonds. The minimum absolute atomic E-state index is 1.21. The molecular weight excluding hydrogens is 172 g/mol. The molecule has 2 aromatic heterocycles. The van der Waals surface area contributed by atoms with E-state index in [1.807, 2.05) is 0 Å². The molecule has 0 spiro atoms. The molecule has 0 aliphatic heterocycles. The van der Waals surface area contributed by atoms with E-state index in [0.29, 0.717) is 0 Å². The first-order chi connectivity index (χ1) is 6.72. The highest BCUT2D eigenvalue weighted by Crippen LogP contribution is 2.23. The van der Waals surface area contributed by atoms with E-state index in [1.165, 1.54) is 33.2 Å². The minimum atomic E-state index is 1.21. The van der Waals surface area contributed by atoms with E-state index in [-0.39, 0.29) is 0 Å². The Morgan fingerprint density at radius 1 is 0.714 bits per heavy atom. The molecule has 0 bridgehead atoms. The largest absolute Gasteiger partial charge is 0.359 e. The van der Waals surface area contributed by atoms with Gasteiger partial charge in [0.15, 0.2) is 0 Å². The second kappa shape index (κ2) is 2.41. The van der Waals surface area contributed by atoms with Crippen LogP contribution < -0.4 is 0 Å². The average molecular weight is 184 g/mol. The van der Waals surface area contributed by atoms with Gasteiger partial charge < -0.3 is 9.97 Å². The first kappa shape index (κ1) is 7.68. The Morgan fingerprint density at radius 2 is 1.21 bits per heavy atom. The first-order valence-electron chi connectivity index (χ1n) is 4.81. The van der Waals surface area contributed by atoms with Crippen LogP contribution in [0.4, 0.5) is 0 Å². The zero-order chi connectivity index (χ0) is 9.71. The molecule has 2 heteroatoms. The molecule has 2 nitrogen and oxygen atoms in total. The second-order valence-electron chi connectivity index (χ2n) is 3.93. The maximum Gasteiger partial charge on any atom is 0.0477 e. The van der Waals surface area contributed by atoms with Crippen LogP contribution >= 0.6 is 0 Å². The molecule has 0 saturated carbocycles. The van der Waals surface area contributed by atoms with Crippen molar-refractivity contribution in [1.29, 1.82) is 0 Å². The minimum Gasteiger partial charge on any atom is -0.359 e. The maximum atomic E-state index is 3.34. The van der Waals surface area contributed by atoms with Crippen LogP contribution in [0.3, 0.4) is 0 Å². The first-order valence-corrected chi connectivity index (χ1v) is 4.81. The predicted molar refractivity (Wildman–Crippen MR) is 59.6 cm³/mol. The number of fused-ring (bicyclic) bond motifs is 2. The van der Waals surface area contributed by atoms with Crippen LogP contribution in [0.5, 0.6) is 0 Å². The van der Waals surface area contributed by atoms with Crippen molar-refractivity contribution in [2.75, 3.05) is 0 Å². The van der Waals surface area contributed by atoms with Crippen LogP contribution in [-0.4, -0.2) is 9.97 Å². The van der Waals surface area contributed by atoms with Gasteiger partial charge in [0.2, 0.25) is 0 Å². The smallest absolute Gasteiger partial charge is 0.0477 e. The summed E-state index contributed by atoms with van der Waals surface area (Å²) in [7, 11) is 0. The molecule has 0 fully saturated rings. The topological polar surface area (TPSA) is 31.6 Å². The highest BCUT2D eigenvalue weighted by atomic mass is 14.7. The van der Waals surface area contributed by atoms with Crippen LogP contribution in [0.2, 0.25) is 0 Å². The highest BCUT2D eigenvalue weighted by Gasteiger charge is 2.02. The molecule has 2 N–H and O–H groups in total. The van der Waals surface area contributed by atoms with Crippen LogP contribution in [0, 0.1) is 13.8 Å². The average Bonchev–Trinajstić information content (AvgIpc) is 2.59. The number of aromatic amines is 2. The fourth-order valence-corrected chi connectivity index (χ4v) is 2.05. The molecule has 70 valence electrons.